The Morgan fingerprint density at radius 2 is 2.22 bits per heavy atom. The number of carbonyl (C=O) groups excluding carboxylic acids is 2. The van der Waals surface area contributed by atoms with Crippen molar-refractivity contribution < 1.29 is 14.3 Å². The first-order valence-electron chi connectivity index (χ1n) is 8.51. The van der Waals surface area contributed by atoms with Crippen molar-refractivity contribution in [1.82, 2.24) is 14.7 Å². The van der Waals surface area contributed by atoms with Crippen LogP contribution in [0.4, 0.5) is 0 Å². The second kappa shape index (κ2) is 6.07. The number of piperidine rings is 1. The maximum Gasteiger partial charge on any atom is 0.272 e. The zero-order chi connectivity index (χ0) is 16.6. The van der Waals surface area contributed by atoms with Crippen molar-refractivity contribution in [2.24, 2.45) is 0 Å². The number of carbonyl (C=O) groups is 2. The fourth-order valence-electron chi connectivity index (χ4n) is 3.43. The number of ether oxygens (including phenoxy) is 1. The zero-order valence-electron chi connectivity index (χ0n) is 14.2. The molecule has 6 heteroatoms. The van der Waals surface area contributed by atoms with Gasteiger partial charge in [-0.2, -0.15) is 5.10 Å². The Morgan fingerprint density at radius 3 is 2.78 bits per heavy atom. The van der Waals surface area contributed by atoms with Gasteiger partial charge in [0, 0.05) is 26.1 Å². The fraction of sp³-hybridized carbons (Fsp3) is 0.706. The minimum atomic E-state index is -0.620. The summed E-state index contributed by atoms with van der Waals surface area (Å²) in [6.07, 6.45) is 2.33. The predicted molar refractivity (Wildman–Crippen MR) is 85.4 cm³/mol. The van der Waals surface area contributed by atoms with Gasteiger partial charge in [0.25, 0.3) is 5.91 Å². The number of hydrogen-bond acceptors (Lipinski definition) is 4. The molecule has 0 N–H and O–H groups in total. The van der Waals surface area contributed by atoms with E-state index in [0.717, 1.165) is 18.5 Å². The number of aromatic nitrogens is 2. The first kappa shape index (κ1) is 16.2. The van der Waals surface area contributed by atoms with E-state index in [2.05, 4.69) is 18.9 Å². The highest BCUT2D eigenvalue weighted by molar-refractivity contribution is 5.98. The summed E-state index contributed by atoms with van der Waals surface area (Å²) in [7, 11) is 0. The van der Waals surface area contributed by atoms with E-state index < -0.39 is 5.60 Å². The second-order valence-corrected chi connectivity index (χ2v) is 6.77. The van der Waals surface area contributed by atoms with Gasteiger partial charge in [0.05, 0.1) is 12.2 Å². The Labute approximate surface area is 136 Å². The minimum Gasteiger partial charge on any atom is -0.367 e. The van der Waals surface area contributed by atoms with Crippen LogP contribution >= 0.6 is 0 Å². The first-order valence-corrected chi connectivity index (χ1v) is 8.51. The maximum absolute atomic E-state index is 12.8. The molecule has 2 aliphatic heterocycles. The van der Waals surface area contributed by atoms with Gasteiger partial charge in [-0.15, -0.1) is 0 Å². The van der Waals surface area contributed by atoms with Gasteiger partial charge < -0.3 is 9.64 Å². The molecule has 1 atom stereocenters. The number of likely N-dealkylation sites (tertiary alicyclic amines) is 1. The molecule has 2 fully saturated rings. The number of rotatable bonds is 3. The molecule has 1 aromatic heterocycles. The lowest BCUT2D eigenvalue weighted by atomic mass is 9.87. The molecule has 1 spiro atoms. The summed E-state index contributed by atoms with van der Waals surface area (Å²) in [5, 5.41) is 4.49. The molecule has 3 heterocycles. The molecule has 2 aliphatic rings. The van der Waals surface area contributed by atoms with E-state index in [1.54, 1.807) is 9.58 Å². The monoisotopic (exact) mass is 319 g/mol. The molecule has 126 valence electrons. The number of hydrogen-bond donors (Lipinski definition) is 0. The Morgan fingerprint density at radius 1 is 1.43 bits per heavy atom. The molecule has 0 saturated carbocycles. The standard InChI is InChI=1S/C17H25N3O3/c1-4-20-14(10-13(18-20)12(2)3)16(22)19-8-7-17(15(21)11-19)6-5-9-23-17/h10,12H,4-9,11H2,1-3H3/t17-/m0/s1. The van der Waals surface area contributed by atoms with Crippen molar-refractivity contribution in [3.63, 3.8) is 0 Å². The lowest BCUT2D eigenvalue weighted by molar-refractivity contribution is -0.144. The van der Waals surface area contributed by atoms with Crippen LogP contribution in [0.3, 0.4) is 0 Å². The van der Waals surface area contributed by atoms with Gasteiger partial charge in [0.1, 0.15) is 11.3 Å². The van der Waals surface area contributed by atoms with Crippen LogP contribution in [0.5, 0.6) is 0 Å². The normalized spacial score (nSPS) is 24.9. The summed E-state index contributed by atoms with van der Waals surface area (Å²) in [5.74, 6) is 0.209. The SMILES string of the molecule is CCn1nc(C(C)C)cc1C(=O)N1CC[C@@]2(CCCO2)C(=O)C1. The molecular weight excluding hydrogens is 294 g/mol. The molecule has 6 nitrogen and oxygen atoms in total. The zero-order valence-corrected chi connectivity index (χ0v) is 14.2. The van der Waals surface area contributed by atoms with Crippen molar-refractivity contribution in [3.05, 3.63) is 17.5 Å². The van der Waals surface area contributed by atoms with Crippen LogP contribution in [-0.2, 0) is 16.1 Å². The highest BCUT2D eigenvalue weighted by Gasteiger charge is 2.46. The molecular formula is C17H25N3O3. The van der Waals surface area contributed by atoms with Gasteiger partial charge in [0.2, 0.25) is 0 Å². The lowest BCUT2D eigenvalue weighted by Gasteiger charge is -2.37. The third-order valence-electron chi connectivity index (χ3n) is 4.93. The summed E-state index contributed by atoms with van der Waals surface area (Å²) in [5.41, 5.74) is 0.867. The summed E-state index contributed by atoms with van der Waals surface area (Å²) in [6.45, 7) is 8.09. The van der Waals surface area contributed by atoms with Gasteiger partial charge in [-0.05, 0) is 31.7 Å². The number of ketones is 1. The minimum absolute atomic E-state index is 0.0428. The van der Waals surface area contributed by atoms with E-state index in [1.807, 2.05) is 13.0 Å². The Bertz CT molecular complexity index is 615. The topological polar surface area (TPSA) is 64.4 Å². The van der Waals surface area contributed by atoms with E-state index in [-0.39, 0.29) is 24.2 Å². The van der Waals surface area contributed by atoms with Crippen LogP contribution in [0.25, 0.3) is 0 Å². The number of nitrogens with zero attached hydrogens (tertiary/aromatic N) is 3. The fourth-order valence-corrected chi connectivity index (χ4v) is 3.43. The van der Waals surface area contributed by atoms with Gasteiger partial charge in [-0.25, -0.2) is 0 Å². The molecule has 2 saturated heterocycles. The summed E-state index contributed by atoms with van der Waals surface area (Å²) in [4.78, 5) is 27.0. The van der Waals surface area contributed by atoms with E-state index in [1.165, 1.54) is 0 Å². The Balaban J connectivity index is 1.78. The molecule has 1 amide bonds. The Hall–Kier alpha value is -1.69. The maximum atomic E-state index is 12.8. The predicted octanol–water partition coefficient (Wildman–Crippen LogP) is 1.99. The molecule has 3 rings (SSSR count). The molecule has 0 unspecified atom stereocenters. The van der Waals surface area contributed by atoms with E-state index in [9.17, 15) is 9.59 Å². The first-order chi connectivity index (χ1) is 11.0. The quantitative estimate of drug-likeness (QED) is 0.854. The van der Waals surface area contributed by atoms with Gasteiger partial charge in [0.15, 0.2) is 5.78 Å². The third-order valence-corrected chi connectivity index (χ3v) is 4.93. The average molecular weight is 319 g/mol. The van der Waals surface area contributed by atoms with Crippen LogP contribution in [-0.4, -0.2) is 51.7 Å². The van der Waals surface area contributed by atoms with Crippen LogP contribution in [0.1, 0.15) is 62.1 Å². The van der Waals surface area contributed by atoms with Gasteiger partial charge >= 0.3 is 0 Å². The van der Waals surface area contributed by atoms with E-state index in [0.29, 0.717) is 31.8 Å². The van der Waals surface area contributed by atoms with E-state index >= 15 is 0 Å². The summed E-state index contributed by atoms with van der Waals surface area (Å²) in [6, 6.07) is 1.86. The average Bonchev–Trinajstić information content (AvgIpc) is 3.17. The third kappa shape index (κ3) is 2.80. The smallest absolute Gasteiger partial charge is 0.272 e. The van der Waals surface area contributed by atoms with Crippen molar-refractivity contribution in [2.75, 3.05) is 19.7 Å². The van der Waals surface area contributed by atoms with Crippen LogP contribution in [0.2, 0.25) is 0 Å². The number of aryl methyl sites for hydroxylation is 1. The van der Waals surface area contributed by atoms with Gasteiger partial charge in [-0.1, -0.05) is 13.8 Å². The molecule has 1 aromatic rings. The lowest BCUT2D eigenvalue weighted by Crippen LogP contribution is -2.54. The van der Waals surface area contributed by atoms with Gasteiger partial charge in [-0.3, -0.25) is 14.3 Å². The molecule has 0 aromatic carbocycles. The molecule has 0 bridgehead atoms. The molecule has 0 radical (unpaired) electrons. The second-order valence-electron chi connectivity index (χ2n) is 6.77. The highest BCUT2D eigenvalue weighted by atomic mass is 16.5. The summed E-state index contributed by atoms with van der Waals surface area (Å²) < 4.78 is 7.44. The van der Waals surface area contributed by atoms with Crippen LogP contribution in [0, 0.1) is 0 Å². The van der Waals surface area contributed by atoms with Crippen LogP contribution < -0.4 is 0 Å². The van der Waals surface area contributed by atoms with Crippen LogP contribution in [0.15, 0.2) is 6.07 Å². The van der Waals surface area contributed by atoms with Crippen molar-refractivity contribution in [2.45, 2.75) is 58.1 Å². The van der Waals surface area contributed by atoms with Crippen molar-refractivity contribution >= 4 is 11.7 Å². The van der Waals surface area contributed by atoms with Crippen molar-refractivity contribution in [1.29, 1.82) is 0 Å². The molecule has 23 heavy (non-hydrogen) atoms. The van der Waals surface area contributed by atoms with Crippen molar-refractivity contribution in [3.8, 4) is 0 Å². The molecule has 0 aliphatic carbocycles. The summed E-state index contributed by atoms with van der Waals surface area (Å²) >= 11 is 0. The number of Topliss-reactive ketones (excluding diaryl/α,β-unsaturated/α-hetero) is 1. The Kier molecular flexibility index (Phi) is 4.27. The number of amides is 1. The highest BCUT2D eigenvalue weighted by Crippen LogP contribution is 2.33. The van der Waals surface area contributed by atoms with E-state index in [4.69, 9.17) is 4.74 Å². The largest absolute Gasteiger partial charge is 0.367 e.